The largest absolute Gasteiger partial charge is 0.342 e. The maximum Gasteiger partial charge on any atom is 0.0836 e. The van der Waals surface area contributed by atoms with Gasteiger partial charge in [0.05, 0.1) is 21.6 Å². The summed E-state index contributed by atoms with van der Waals surface area (Å²) >= 11 is 18.0. The van der Waals surface area contributed by atoms with E-state index in [1.807, 2.05) is 6.07 Å². The molecule has 3 rings (SSSR count). The van der Waals surface area contributed by atoms with Crippen LogP contribution in [0.2, 0.25) is 10.0 Å². The Balaban J connectivity index is 2.02. The van der Waals surface area contributed by atoms with E-state index in [0.29, 0.717) is 16.1 Å². The maximum absolute atomic E-state index is 6.42. The van der Waals surface area contributed by atoms with Crippen molar-refractivity contribution in [2.45, 2.75) is 44.5 Å². The summed E-state index contributed by atoms with van der Waals surface area (Å²) in [5.74, 6) is 0. The summed E-state index contributed by atoms with van der Waals surface area (Å²) in [6.07, 6.45) is 1.08. The molecule has 0 amide bonds. The summed E-state index contributed by atoms with van der Waals surface area (Å²) in [6, 6.07) is 4.44. The Morgan fingerprint density at radius 1 is 1.33 bits per heavy atom. The molecule has 0 fully saturated rings. The van der Waals surface area contributed by atoms with E-state index in [-0.39, 0.29) is 4.75 Å². The van der Waals surface area contributed by atoms with Crippen LogP contribution in [0.15, 0.2) is 16.6 Å². The Bertz CT molecular complexity index is 706. The minimum Gasteiger partial charge on any atom is -0.342 e. The average Bonchev–Trinajstić information content (AvgIpc) is 2.91. The van der Waals surface area contributed by atoms with Gasteiger partial charge in [-0.15, -0.1) is 0 Å². The normalized spacial score (nSPS) is 18.5. The van der Waals surface area contributed by atoms with Crippen molar-refractivity contribution in [2.75, 3.05) is 0 Å². The molecule has 1 aliphatic heterocycles. The molecule has 1 aliphatic rings. The Morgan fingerprint density at radius 2 is 2.05 bits per heavy atom. The van der Waals surface area contributed by atoms with Crippen molar-refractivity contribution < 1.29 is 0 Å². The van der Waals surface area contributed by atoms with Gasteiger partial charge in [-0.1, -0.05) is 51.1 Å². The number of fused-ring (bicyclic) bond motifs is 3. The fourth-order valence-corrected chi connectivity index (χ4v) is 4.51. The number of nitrogens with zero attached hydrogens (tertiary/aromatic N) is 1. The predicted octanol–water partition coefficient (Wildman–Crippen LogP) is 6.19. The van der Waals surface area contributed by atoms with Crippen LogP contribution in [-0.4, -0.2) is 9.31 Å². The van der Waals surface area contributed by atoms with Gasteiger partial charge in [0.1, 0.15) is 0 Å². The molecule has 2 heterocycles. The highest BCUT2D eigenvalue weighted by Crippen LogP contribution is 2.42. The van der Waals surface area contributed by atoms with Gasteiger partial charge in [-0.05, 0) is 39.3 Å². The van der Waals surface area contributed by atoms with E-state index < -0.39 is 0 Å². The molecule has 114 valence electrons. The van der Waals surface area contributed by atoms with Crippen molar-refractivity contribution >= 4 is 62.0 Å². The van der Waals surface area contributed by atoms with Gasteiger partial charge in [0, 0.05) is 26.8 Å². The number of hydrogen-bond donors (Lipinski definition) is 1. The highest BCUT2D eigenvalue weighted by atomic mass is 79.9. The van der Waals surface area contributed by atoms with Crippen LogP contribution in [0.5, 0.6) is 0 Å². The molecule has 6 heteroatoms. The smallest absolute Gasteiger partial charge is 0.0836 e. The summed E-state index contributed by atoms with van der Waals surface area (Å²) < 4.78 is 7.08. The fourth-order valence-electron chi connectivity index (χ4n) is 2.66. The lowest BCUT2D eigenvalue weighted by Gasteiger charge is -2.21. The fraction of sp³-hybridized carbons (Fsp3) is 0.467. The maximum atomic E-state index is 6.42. The van der Waals surface area contributed by atoms with Crippen molar-refractivity contribution in [1.29, 1.82) is 0 Å². The lowest BCUT2D eigenvalue weighted by atomic mass is 10.2. The third-order valence-corrected chi connectivity index (χ3v) is 6.01. The van der Waals surface area contributed by atoms with E-state index in [4.69, 9.17) is 23.2 Å². The number of halogens is 3. The van der Waals surface area contributed by atoms with Crippen LogP contribution in [0.1, 0.15) is 38.9 Å². The summed E-state index contributed by atoms with van der Waals surface area (Å²) in [4.78, 5) is 0. The second kappa shape index (κ2) is 5.64. The molecule has 1 aromatic carbocycles. The third-order valence-electron chi connectivity index (χ3n) is 3.56. The molecule has 2 aromatic rings. The standard InChI is InChI=1S/C15H17BrCl2N2S/c1-15(2,3)21-19-11-4-5-20-12(11)6-8-9(16)7-10(17)13(18)14(8)20/h6-7,11,19H,4-5H2,1-3H3. The van der Waals surface area contributed by atoms with Crippen LogP contribution in [0.25, 0.3) is 10.9 Å². The predicted molar refractivity (Wildman–Crippen MR) is 97.5 cm³/mol. The molecular weight excluding hydrogens is 391 g/mol. The third kappa shape index (κ3) is 2.98. The SMILES string of the molecule is CC(C)(C)SNC1CCn2c1cc1c(Br)cc(Cl)c(Cl)c12. The quantitative estimate of drug-likeness (QED) is 0.471. The van der Waals surface area contributed by atoms with E-state index in [1.54, 1.807) is 11.9 Å². The van der Waals surface area contributed by atoms with Crippen molar-refractivity contribution in [3.05, 3.63) is 32.3 Å². The minimum absolute atomic E-state index is 0.195. The number of benzene rings is 1. The Morgan fingerprint density at radius 3 is 2.71 bits per heavy atom. The average molecular weight is 408 g/mol. The number of aryl methyl sites for hydroxylation is 1. The van der Waals surface area contributed by atoms with Crippen LogP contribution in [0.3, 0.4) is 0 Å². The molecule has 1 unspecified atom stereocenters. The molecule has 0 aliphatic carbocycles. The van der Waals surface area contributed by atoms with Crippen molar-refractivity contribution in [1.82, 2.24) is 9.29 Å². The van der Waals surface area contributed by atoms with Gasteiger partial charge in [0.25, 0.3) is 0 Å². The Kier molecular flexibility index (Phi) is 4.30. The first kappa shape index (κ1) is 16.0. The first-order valence-corrected chi connectivity index (χ1v) is 9.24. The van der Waals surface area contributed by atoms with Crippen LogP contribution < -0.4 is 4.72 Å². The topological polar surface area (TPSA) is 17.0 Å². The molecule has 0 saturated carbocycles. The summed E-state index contributed by atoms with van der Waals surface area (Å²) in [7, 11) is 0. The molecule has 0 radical (unpaired) electrons. The first-order chi connectivity index (χ1) is 9.78. The van der Waals surface area contributed by atoms with E-state index in [0.717, 1.165) is 28.3 Å². The summed E-state index contributed by atoms with van der Waals surface area (Å²) in [5.41, 5.74) is 2.32. The van der Waals surface area contributed by atoms with E-state index >= 15 is 0 Å². The number of aromatic nitrogens is 1. The number of rotatable bonds is 2. The van der Waals surface area contributed by atoms with Crippen LogP contribution in [-0.2, 0) is 6.54 Å². The van der Waals surface area contributed by atoms with E-state index in [9.17, 15) is 0 Å². The lowest BCUT2D eigenvalue weighted by Crippen LogP contribution is -2.20. The molecule has 1 atom stereocenters. The zero-order chi connectivity index (χ0) is 15.4. The Hall–Kier alpha value is 0.130. The molecule has 1 N–H and O–H groups in total. The van der Waals surface area contributed by atoms with Gasteiger partial charge in [-0.2, -0.15) is 0 Å². The van der Waals surface area contributed by atoms with Crippen molar-refractivity contribution in [3.8, 4) is 0 Å². The Labute approximate surface area is 147 Å². The van der Waals surface area contributed by atoms with E-state index in [1.165, 1.54) is 5.69 Å². The van der Waals surface area contributed by atoms with Gasteiger partial charge >= 0.3 is 0 Å². The van der Waals surface area contributed by atoms with Gasteiger partial charge in [0.15, 0.2) is 0 Å². The molecule has 0 spiro atoms. The van der Waals surface area contributed by atoms with Crippen LogP contribution in [0.4, 0.5) is 0 Å². The molecule has 21 heavy (non-hydrogen) atoms. The lowest BCUT2D eigenvalue weighted by molar-refractivity contribution is 0.647. The van der Waals surface area contributed by atoms with Crippen molar-refractivity contribution in [3.63, 3.8) is 0 Å². The number of nitrogens with one attached hydrogen (secondary N) is 1. The van der Waals surface area contributed by atoms with E-state index in [2.05, 4.69) is 52.1 Å². The molecule has 2 nitrogen and oxygen atoms in total. The first-order valence-electron chi connectivity index (χ1n) is 6.88. The van der Waals surface area contributed by atoms with Gasteiger partial charge < -0.3 is 4.57 Å². The molecule has 0 saturated heterocycles. The minimum atomic E-state index is 0.195. The van der Waals surface area contributed by atoms with Crippen LogP contribution in [0, 0.1) is 0 Å². The molecular formula is C15H17BrCl2N2S. The summed E-state index contributed by atoms with van der Waals surface area (Å²) in [5, 5.41) is 2.37. The molecule has 1 aromatic heterocycles. The zero-order valence-electron chi connectivity index (χ0n) is 12.1. The monoisotopic (exact) mass is 406 g/mol. The zero-order valence-corrected chi connectivity index (χ0v) is 16.0. The summed E-state index contributed by atoms with van der Waals surface area (Å²) in [6.45, 7) is 7.60. The van der Waals surface area contributed by atoms with Crippen LogP contribution >= 0.6 is 51.1 Å². The second-order valence-corrected chi connectivity index (χ2v) is 9.61. The van der Waals surface area contributed by atoms with Crippen molar-refractivity contribution in [2.24, 2.45) is 0 Å². The van der Waals surface area contributed by atoms with Gasteiger partial charge in [-0.25, -0.2) is 0 Å². The second-order valence-electron chi connectivity index (χ2n) is 6.31. The number of hydrogen-bond acceptors (Lipinski definition) is 2. The van der Waals surface area contributed by atoms with Gasteiger partial charge in [0.2, 0.25) is 0 Å². The molecule has 0 bridgehead atoms. The highest BCUT2D eigenvalue weighted by Gasteiger charge is 2.28. The van der Waals surface area contributed by atoms with Gasteiger partial charge in [-0.3, -0.25) is 4.72 Å². The highest BCUT2D eigenvalue weighted by molar-refractivity contribution is 9.10.